The average molecular weight is 356 g/mol. The molecule has 0 aliphatic carbocycles. The first-order valence-electron chi connectivity index (χ1n) is 7.81. The summed E-state index contributed by atoms with van der Waals surface area (Å²) in [5.74, 6) is -0.248. The summed E-state index contributed by atoms with van der Waals surface area (Å²) in [7, 11) is 0. The van der Waals surface area contributed by atoms with E-state index in [2.05, 4.69) is 10.6 Å². The standard InChI is InChI=1S/C19H20N2O3S/c1-12(25-18-10-8-17(9-11-18)21-14(3)23)19(24)15-4-6-16(7-5-15)20-13(2)22/h4-12H,1-3H3,(H,20,22)(H,21,23). The van der Waals surface area contributed by atoms with Gasteiger partial charge in [0.1, 0.15) is 0 Å². The molecule has 0 heterocycles. The Hall–Kier alpha value is -2.60. The number of benzene rings is 2. The van der Waals surface area contributed by atoms with Gasteiger partial charge in [-0.3, -0.25) is 14.4 Å². The second kappa shape index (κ2) is 8.48. The number of carbonyl (C=O) groups is 3. The molecule has 0 bridgehead atoms. The molecule has 1 atom stereocenters. The molecule has 5 nitrogen and oxygen atoms in total. The van der Waals surface area contributed by atoms with Gasteiger partial charge >= 0.3 is 0 Å². The largest absolute Gasteiger partial charge is 0.326 e. The second-order valence-corrected chi connectivity index (χ2v) is 7.00. The molecule has 0 fully saturated rings. The molecule has 2 N–H and O–H groups in total. The highest BCUT2D eigenvalue weighted by atomic mass is 32.2. The van der Waals surface area contributed by atoms with Crippen molar-refractivity contribution in [2.75, 3.05) is 10.6 Å². The van der Waals surface area contributed by atoms with E-state index in [1.165, 1.54) is 25.6 Å². The zero-order valence-electron chi connectivity index (χ0n) is 14.3. The predicted octanol–water partition coefficient (Wildman–Crippen LogP) is 3.97. The van der Waals surface area contributed by atoms with E-state index in [-0.39, 0.29) is 22.8 Å². The minimum atomic E-state index is -0.252. The molecule has 25 heavy (non-hydrogen) atoms. The molecule has 2 amide bonds. The first-order valence-corrected chi connectivity index (χ1v) is 8.69. The summed E-state index contributed by atoms with van der Waals surface area (Å²) in [5.41, 5.74) is 1.99. The highest BCUT2D eigenvalue weighted by molar-refractivity contribution is 8.00. The van der Waals surface area contributed by atoms with Crippen LogP contribution in [0.25, 0.3) is 0 Å². The smallest absolute Gasteiger partial charge is 0.221 e. The fourth-order valence-corrected chi connectivity index (χ4v) is 3.18. The van der Waals surface area contributed by atoms with E-state index in [1.807, 2.05) is 31.2 Å². The molecule has 0 saturated heterocycles. The van der Waals surface area contributed by atoms with Crippen molar-refractivity contribution in [3.05, 3.63) is 54.1 Å². The predicted molar refractivity (Wildman–Crippen MR) is 101 cm³/mol. The topological polar surface area (TPSA) is 75.3 Å². The van der Waals surface area contributed by atoms with Crippen molar-refractivity contribution in [3.63, 3.8) is 0 Å². The first kappa shape index (κ1) is 18.7. The monoisotopic (exact) mass is 356 g/mol. The van der Waals surface area contributed by atoms with Crippen LogP contribution >= 0.6 is 11.8 Å². The number of amides is 2. The Morgan fingerprint density at radius 1 is 0.800 bits per heavy atom. The van der Waals surface area contributed by atoms with Crippen molar-refractivity contribution in [1.82, 2.24) is 0 Å². The fraction of sp³-hybridized carbons (Fsp3) is 0.211. The number of ketones is 1. The van der Waals surface area contributed by atoms with Crippen molar-refractivity contribution >= 4 is 40.7 Å². The molecule has 1 unspecified atom stereocenters. The molecule has 0 spiro atoms. The number of hydrogen-bond donors (Lipinski definition) is 2. The summed E-state index contributed by atoms with van der Waals surface area (Å²) in [6, 6.07) is 14.2. The Bertz CT molecular complexity index is 770. The minimum absolute atomic E-state index is 0.0188. The average Bonchev–Trinajstić information content (AvgIpc) is 2.55. The van der Waals surface area contributed by atoms with E-state index in [0.29, 0.717) is 11.3 Å². The van der Waals surface area contributed by atoms with Crippen molar-refractivity contribution in [3.8, 4) is 0 Å². The Morgan fingerprint density at radius 3 is 1.68 bits per heavy atom. The lowest BCUT2D eigenvalue weighted by Crippen LogP contribution is -2.13. The maximum atomic E-state index is 12.5. The lowest BCUT2D eigenvalue weighted by Gasteiger charge is -2.11. The van der Waals surface area contributed by atoms with Gasteiger partial charge in [0.15, 0.2) is 5.78 Å². The van der Waals surface area contributed by atoms with Gasteiger partial charge in [0.25, 0.3) is 0 Å². The molecule has 2 aromatic rings. The van der Waals surface area contributed by atoms with Gasteiger partial charge in [0, 0.05) is 35.7 Å². The van der Waals surface area contributed by atoms with Crippen molar-refractivity contribution < 1.29 is 14.4 Å². The van der Waals surface area contributed by atoms with Gasteiger partial charge in [0.2, 0.25) is 11.8 Å². The molecule has 0 radical (unpaired) electrons. The minimum Gasteiger partial charge on any atom is -0.326 e. The van der Waals surface area contributed by atoms with Crippen LogP contribution in [-0.2, 0) is 9.59 Å². The van der Waals surface area contributed by atoms with E-state index < -0.39 is 0 Å². The number of nitrogens with one attached hydrogen (secondary N) is 2. The Kier molecular flexibility index (Phi) is 6.36. The Labute approximate surface area is 151 Å². The third kappa shape index (κ3) is 5.76. The zero-order valence-corrected chi connectivity index (χ0v) is 15.1. The Balaban J connectivity index is 1.99. The highest BCUT2D eigenvalue weighted by Crippen LogP contribution is 2.27. The number of hydrogen-bond acceptors (Lipinski definition) is 4. The maximum Gasteiger partial charge on any atom is 0.221 e. The normalized spacial score (nSPS) is 11.5. The van der Waals surface area contributed by atoms with E-state index >= 15 is 0 Å². The number of Topliss-reactive ketones (excluding diaryl/α,β-unsaturated/α-hetero) is 1. The van der Waals surface area contributed by atoms with Gasteiger partial charge < -0.3 is 10.6 Å². The molecule has 0 aliphatic rings. The van der Waals surface area contributed by atoms with Crippen LogP contribution in [0.4, 0.5) is 11.4 Å². The summed E-state index contributed by atoms with van der Waals surface area (Å²) < 4.78 is 0. The van der Waals surface area contributed by atoms with Gasteiger partial charge in [-0.25, -0.2) is 0 Å². The van der Waals surface area contributed by atoms with Crippen molar-refractivity contribution in [1.29, 1.82) is 0 Å². The quantitative estimate of drug-likeness (QED) is 0.607. The van der Waals surface area contributed by atoms with E-state index in [1.54, 1.807) is 24.3 Å². The summed E-state index contributed by atoms with van der Waals surface area (Å²) in [4.78, 5) is 35.5. The van der Waals surface area contributed by atoms with Crippen LogP contribution in [0.5, 0.6) is 0 Å². The van der Waals surface area contributed by atoms with Gasteiger partial charge in [-0.05, 0) is 55.5 Å². The maximum absolute atomic E-state index is 12.5. The molecule has 2 rings (SSSR count). The van der Waals surface area contributed by atoms with Crippen LogP contribution in [0.2, 0.25) is 0 Å². The lowest BCUT2D eigenvalue weighted by atomic mass is 10.1. The molecular formula is C19H20N2O3S. The van der Waals surface area contributed by atoms with E-state index in [0.717, 1.165) is 10.6 Å². The molecule has 0 aliphatic heterocycles. The van der Waals surface area contributed by atoms with E-state index in [9.17, 15) is 14.4 Å². The van der Waals surface area contributed by atoms with Gasteiger partial charge in [-0.1, -0.05) is 0 Å². The molecule has 2 aromatic carbocycles. The second-order valence-electron chi connectivity index (χ2n) is 5.59. The summed E-state index contributed by atoms with van der Waals surface area (Å²) >= 11 is 1.46. The van der Waals surface area contributed by atoms with Crippen LogP contribution < -0.4 is 10.6 Å². The number of rotatable bonds is 6. The highest BCUT2D eigenvalue weighted by Gasteiger charge is 2.16. The fourth-order valence-electron chi connectivity index (χ4n) is 2.23. The lowest BCUT2D eigenvalue weighted by molar-refractivity contribution is -0.115. The molecule has 0 saturated carbocycles. The SMILES string of the molecule is CC(=O)Nc1ccc(SC(C)C(=O)c2ccc(NC(C)=O)cc2)cc1. The zero-order chi connectivity index (χ0) is 18.4. The van der Waals surface area contributed by atoms with Crippen molar-refractivity contribution in [2.45, 2.75) is 30.9 Å². The third-order valence-corrected chi connectivity index (χ3v) is 4.46. The molecular weight excluding hydrogens is 336 g/mol. The summed E-state index contributed by atoms with van der Waals surface area (Å²) in [6.07, 6.45) is 0. The van der Waals surface area contributed by atoms with E-state index in [4.69, 9.17) is 0 Å². The van der Waals surface area contributed by atoms with Crippen LogP contribution in [0, 0.1) is 0 Å². The van der Waals surface area contributed by atoms with Crippen molar-refractivity contribution in [2.24, 2.45) is 0 Å². The number of thioether (sulfide) groups is 1. The van der Waals surface area contributed by atoms with Gasteiger partial charge in [0.05, 0.1) is 5.25 Å². The summed E-state index contributed by atoms with van der Waals surface area (Å²) in [6.45, 7) is 4.76. The number of carbonyl (C=O) groups excluding carboxylic acids is 3. The molecule has 0 aromatic heterocycles. The first-order chi connectivity index (χ1) is 11.8. The van der Waals surface area contributed by atoms with Crippen LogP contribution in [-0.4, -0.2) is 22.8 Å². The van der Waals surface area contributed by atoms with Crippen LogP contribution in [0.1, 0.15) is 31.1 Å². The number of anilines is 2. The van der Waals surface area contributed by atoms with Crippen LogP contribution in [0.15, 0.2) is 53.4 Å². The molecule has 130 valence electrons. The Morgan fingerprint density at radius 2 is 1.24 bits per heavy atom. The van der Waals surface area contributed by atoms with Gasteiger partial charge in [-0.15, -0.1) is 11.8 Å². The molecule has 6 heteroatoms. The summed E-state index contributed by atoms with van der Waals surface area (Å²) in [5, 5.41) is 5.13. The third-order valence-electron chi connectivity index (χ3n) is 3.35. The van der Waals surface area contributed by atoms with Gasteiger partial charge in [-0.2, -0.15) is 0 Å². The van der Waals surface area contributed by atoms with Crippen LogP contribution in [0.3, 0.4) is 0 Å².